The fraction of sp³-hybridized carbons (Fsp3) is 0.588. The molecule has 0 heterocycles. The Morgan fingerprint density at radius 2 is 1.76 bits per heavy atom. The second kappa shape index (κ2) is 9.08. The van der Waals surface area contributed by atoms with Gasteiger partial charge in [0.1, 0.15) is 5.75 Å². The fourth-order valence-corrected chi connectivity index (χ4v) is 3.30. The molecule has 3 nitrogen and oxygen atoms in total. The van der Waals surface area contributed by atoms with Gasteiger partial charge in [0.25, 0.3) is 0 Å². The maximum absolute atomic E-state index is 11.0. The van der Waals surface area contributed by atoms with Gasteiger partial charge in [0.2, 0.25) is 5.91 Å². The van der Waals surface area contributed by atoms with Gasteiger partial charge in [-0.25, -0.2) is 0 Å². The highest BCUT2D eigenvalue weighted by Crippen LogP contribution is 2.33. The summed E-state index contributed by atoms with van der Waals surface area (Å²) in [5, 5.41) is 3.72. The van der Waals surface area contributed by atoms with Crippen molar-refractivity contribution < 1.29 is 9.53 Å². The van der Waals surface area contributed by atoms with E-state index in [1.165, 1.54) is 6.92 Å². The van der Waals surface area contributed by atoms with Crippen LogP contribution in [0.5, 0.6) is 5.75 Å². The van der Waals surface area contributed by atoms with E-state index in [1.54, 1.807) is 0 Å². The molecule has 0 atom stereocenters. The molecule has 0 radical (unpaired) electrons. The zero-order chi connectivity index (χ0) is 15.7. The van der Waals surface area contributed by atoms with Crippen molar-refractivity contribution in [2.75, 3.05) is 17.3 Å². The first-order chi connectivity index (χ1) is 10.0. The molecule has 0 unspecified atom stereocenters. The molecule has 0 saturated heterocycles. The highest BCUT2D eigenvalue weighted by molar-refractivity contribution is 9.09. The standard InChI is InChI=1S/C17H26BrNO2/c1-4-10-17(12-18,11-5-2)13-21-16-8-6-15(7-9-16)19-14(3)20/h6-9H,4-5,10-13H2,1-3H3,(H,19,20). The number of carbonyl (C=O) groups is 1. The average molecular weight is 356 g/mol. The summed E-state index contributed by atoms with van der Waals surface area (Å²) in [5.74, 6) is 0.787. The summed E-state index contributed by atoms with van der Waals surface area (Å²) in [6.07, 6.45) is 4.65. The van der Waals surface area contributed by atoms with Crippen molar-refractivity contribution in [2.24, 2.45) is 5.41 Å². The lowest BCUT2D eigenvalue weighted by molar-refractivity contribution is -0.114. The van der Waals surface area contributed by atoms with Crippen LogP contribution in [-0.2, 0) is 4.79 Å². The predicted molar refractivity (Wildman–Crippen MR) is 92.3 cm³/mol. The Balaban J connectivity index is 2.64. The molecule has 0 aliphatic heterocycles. The minimum Gasteiger partial charge on any atom is -0.493 e. The van der Waals surface area contributed by atoms with Gasteiger partial charge < -0.3 is 10.1 Å². The summed E-state index contributed by atoms with van der Waals surface area (Å²) in [4.78, 5) is 11.0. The largest absolute Gasteiger partial charge is 0.493 e. The zero-order valence-corrected chi connectivity index (χ0v) is 14.8. The lowest BCUT2D eigenvalue weighted by Gasteiger charge is -2.31. The van der Waals surface area contributed by atoms with Crippen molar-refractivity contribution in [3.63, 3.8) is 0 Å². The molecule has 4 heteroatoms. The van der Waals surface area contributed by atoms with Crippen molar-refractivity contribution in [1.82, 2.24) is 0 Å². The van der Waals surface area contributed by atoms with E-state index in [-0.39, 0.29) is 11.3 Å². The fourth-order valence-electron chi connectivity index (χ4n) is 2.58. The molecule has 1 amide bonds. The molecular formula is C17H26BrNO2. The number of amides is 1. The number of nitrogens with one attached hydrogen (secondary N) is 1. The summed E-state index contributed by atoms with van der Waals surface area (Å²) in [7, 11) is 0. The third kappa shape index (κ3) is 6.08. The first-order valence-electron chi connectivity index (χ1n) is 7.61. The number of ether oxygens (including phenoxy) is 1. The molecule has 0 bridgehead atoms. The van der Waals surface area contributed by atoms with Gasteiger partial charge in [-0.15, -0.1) is 0 Å². The van der Waals surface area contributed by atoms with E-state index in [9.17, 15) is 4.79 Å². The van der Waals surface area contributed by atoms with Crippen LogP contribution in [0.2, 0.25) is 0 Å². The molecule has 21 heavy (non-hydrogen) atoms. The number of hydrogen-bond acceptors (Lipinski definition) is 2. The number of alkyl halides is 1. The first-order valence-corrected chi connectivity index (χ1v) is 8.74. The van der Waals surface area contributed by atoms with Gasteiger partial charge in [-0.2, -0.15) is 0 Å². The Morgan fingerprint density at radius 1 is 1.19 bits per heavy atom. The number of benzene rings is 1. The van der Waals surface area contributed by atoms with Crippen LogP contribution < -0.4 is 10.1 Å². The second-order valence-electron chi connectivity index (χ2n) is 5.63. The van der Waals surface area contributed by atoms with Gasteiger partial charge in [0.15, 0.2) is 0 Å². The molecule has 1 aromatic rings. The van der Waals surface area contributed by atoms with Gasteiger partial charge in [0, 0.05) is 23.4 Å². The van der Waals surface area contributed by atoms with Crippen LogP contribution in [0.1, 0.15) is 46.5 Å². The minimum absolute atomic E-state index is 0.0622. The third-order valence-corrected chi connectivity index (χ3v) is 4.75. The molecule has 0 fully saturated rings. The van der Waals surface area contributed by atoms with Crippen LogP contribution in [0.3, 0.4) is 0 Å². The van der Waals surface area contributed by atoms with E-state index in [1.807, 2.05) is 24.3 Å². The Labute approximate surface area is 136 Å². The minimum atomic E-state index is -0.0622. The van der Waals surface area contributed by atoms with Crippen molar-refractivity contribution in [3.8, 4) is 5.75 Å². The number of anilines is 1. The van der Waals surface area contributed by atoms with E-state index in [0.29, 0.717) is 0 Å². The quantitative estimate of drug-likeness (QED) is 0.632. The summed E-state index contributed by atoms with van der Waals surface area (Å²) in [5.41, 5.74) is 1.00. The van der Waals surface area contributed by atoms with E-state index >= 15 is 0 Å². The van der Waals surface area contributed by atoms with Crippen LogP contribution in [0.4, 0.5) is 5.69 Å². The molecule has 0 aliphatic carbocycles. The topological polar surface area (TPSA) is 38.3 Å². The van der Waals surface area contributed by atoms with E-state index < -0.39 is 0 Å². The Kier molecular flexibility index (Phi) is 7.79. The predicted octanol–water partition coefficient (Wildman–Crippen LogP) is 5.01. The van der Waals surface area contributed by atoms with Crippen molar-refractivity contribution >= 4 is 27.5 Å². The molecule has 118 valence electrons. The molecule has 1 aromatic carbocycles. The third-order valence-electron chi connectivity index (χ3n) is 3.56. The van der Waals surface area contributed by atoms with Crippen molar-refractivity contribution in [3.05, 3.63) is 24.3 Å². The molecule has 0 aromatic heterocycles. The summed E-state index contributed by atoms with van der Waals surface area (Å²) < 4.78 is 5.98. The van der Waals surface area contributed by atoms with Gasteiger partial charge in [-0.1, -0.05) is 42.6 Å². The summed E-state index contributed by atoms with van der Waals surface area (Å²) in [6, 6.07) is 7.54. The molecule has 1 N–H and O–H groups in total. The number of rotatable bonds is 9. The van der Waals surface area contributed by atoms with Crippen molar-refractivity contribution in [1.29, 1.82) is 0 Å². The highest BCUT2D eigenvalue weighted by atomic mass is 79.9. The van der Waals surface area contributed by atoms with Crippen molar-refractivity contribution in [2.45, 2.75) is 46.5 Å². The number of halogens is 1. The molecule has 0 aliphatic rings. The molecule has 0 spiro atoms. The SMILES string of the molecule is CCCC(CBr)(CCC)COc1ccc(NC(C)=O)cc1. The maximum Gasteiger partial charge on any atom is 0.221 e. The van der Waals surface area contributed by atoms with E-state index in [0.717, 1.165) is 49.1 Å². The van der Waals surface area contributed by atoms with Crippen LogP contribution in [-0.4, -0.2) is 17.8 Å². The van der Waals surface area contributed by atoms with Crippen LogP contribution in [0, 0.1) is 5.41 Å². The van der Waals surface area contributed by atoms with Crippen LogP contribution in [0.15, 0.2) is 24.3 Å². The van der Waals surface area contributed by atoms with Crippen LogP contribution >= 0.6 is 15.9 Å². The summed E-state index contributed by atoms with van der Waals surface area (Å²) >= 11 is 3.66. The molecular weight excluding hydrogens is 330 g/mol. The molecule has 0 saturated carbocycles. The van der Waals surface area contributed by atoms with E-state index in [4.69, 9.17) is 4.74 Å². The number of carbonyl (C=O) groups excluding carboxylic acids is 1. The highest BCUT2D eigenvalue weighted by Gasteiger charge is 2.28. The van der Waals surface area contributed by atoms with Gasteiger partial charge in [-0.3, -0.25) is 4.79 Å². The Hall–Kier alpha value is -1.03. The average Bonchev–Trinajstić information content (AvgIpc) is 2.46. The second-order valence-corrected chi connectivity index (χ2v) is 6.19. The Bertz CT molecular complexity index is 425. The number of hydrogen-bond donors (Lipinski definition) is 1. The monoisotopic (exact) mass is 355 g/mol. The van der Waals surface area contributed by atoms with Crippen LogP contribution in [0.25, 0.3) is 0 Å². The van der Waals surface area contributed by atoms with E-state index in [2.05, 4.69) is 35.1 Å². The lowest BCUT2D eigenvalue weighted by Crippen LogP contribution is -2.30. The Morgan fingerprint density at radius 3 is 2.19 bits per heavy atom. The molecule has 1 rings (SSSR count). The van der Waals surface area contributed by atoms with Gasteiger partial charge in [0.05, 0.1) is 6.61 Å². The lowest BCUT2D eigenvalue weighted by atomic mass is 9.82. The first kappa shape index (κ1) is 18.0. The smallest absolute Gasteiger partial charge is 0.221 e. The van der Waals surface area contributed by atoms with Gasteiger partial charge >= 0.3 is 0 Å². The zero-order valence-electron chi connectivity index (χ0n) is 13.2. The maximum atomic E-state index is 11.0. The normalized spacial score (nSPS) is 11.2. The summed E-state index contributed by atoms with van der Waals surface area (Å²) in [6.45, 7) is 6.66. The van der Waals surface area contributed by atoms with Gasteiger partial charge in [-0.05, 0) is 37.1 Å².